The van der Waals surface area contributed by atoms with Gasteiger partial charge in [-0.25, -0.2) is 0 Å². The lowest BCUT2D eigenvalue weighted by Crippen LogP contribution is -2.72. The lowest BCUT2D eigenvalue weighted by molar-refractivity contribution is -0.502. The first-order chi connectivity index (χ1) is 46.4. The Bertz CT molecular complexity index is 2910. The molecule has 35 heteroatoms. The molecule has 576 valence electrons. The van der Waals surface area contributed by atoms with E-state index < -0.39 is 255 Å². The van der Waals surface area contributed by atoms with Crippen molar-refractivity contribution in [1.82, 2.24) is 0 Å². The van der Waals surface area contributed by atoms with Gasteiger partial charge in [0, 0.05) is 0 Å². The molecule has 6 aliphatic heterocycles. The Morgan fingerprint density at radius 2 is 1.05 bits per heavy atom. The van der Waals surface area contributed by atoms with Crippen LogP contribution in [0.5, 0.6) is 0 Å². The highest BCUT2D eigenvalue weighted by Gasteiger charge is 2.72. The SMILES string of the molecule is C[C@H]1OC(O[C@@H]2C(CO)O[C@@](O)(OCC3O[C@@](O)(OC(=O)[C@]45CCC(C)(C)C[C@H]4C4=CCC6[C@@]7(C)CC[C@H](O[C@@H]8OC[C@H](O)C(O[C@]9(O)OC(CO)[C@@H](O)C(O)[C@@H]9O)[C@@H]8O[C@]8(O)OC(CO)[C@@H](O)C(O)[C@@H]8O)C(C)(C)C7CC[C@@]6(C)[C@]4(C)CC5)[C@@H](O)C(O)[C@@H]3O)[C@@H](O)C2O)[C@@H](O)[C@@H](O)[C@@H]1O. The molecule has 0 spiro atoms. The van der Waals surface area contributed by atoms with E-state index >= 15 is 4.79 Å². The fourth-order valence-corrected chi connectivity index (χ4v) is 19.3. The first-order valence-electron chi connectivity index (χ1n) is 34.6. The van der Waals surface area contributed by atoms with Gasteiger partial charge in [-0.05, 0) is 116 Å². The van der Waals surface area contributed by atoms with Crippen LogP contribution in [-0.2, 0) is 61.6 Å². The highest BCUT2D eigenvalue weighted by molar-refractivity contribution is 5.79. The van der Waals surface area contributed by atoms with Crippen molar-refractivity contribution < 1.29 is 174 Å². The molecule has 35 nitrogen and oxygen atoms in total. The third kappa shape index (κ3) is 12.9. The van der Waals surface area contributed by atoms with Crippen LogP contribution >= 0.6 is 0 Å². The van der Waals surface area contributed by atoms with E-state index in [0.29, 0.717) is 51.4 Å². The molecule has 0 amide bonds. The van der Waals surface area contributed by atoms with E-state index in [1.165, 1.54) is 6.92 Å². The zero-order chi connectivity index (χ0) is 73.7. The Kier molecular flexibility index (Phi) is 22.0. The van der Waals surface area contributed by atoms with Crippen molar-refractivity contribution >= 4 is 5.97 Å². The molecule has 11 aliphatic rings. The van der Waals surface area contributed by atoms with Crippen molar-refractivity contribution in [3.63, 3.8) is 0 Å². The summed E-state index contributed by atoms with van der Waals surface area (Å²) in [6.07, 6.45) is -43.9. The van der Waals surface area contributed by atoms with Crippen LogP contribution in [0, 0.1) is 50.2 Å². The van der Waals surface area contributed by atoms with Gasteiger partial charge >= 0.3 is 29.9 Å². The van der Waals surface area contributed by atoms with E-state index in [2.05, 4.69) is 40.7 Å². The number of esters is 1. The van der Waals surface area contributed by atoms with E-state index in [1.54, 1.807) is 0 Å². The third-order valence-corrected chi connectivity index (χ3v) is 25.6. The van der Waals surface area contributed by atoms with Crippen molar-refractivity contribution in [2.75, 3.05) is 33.0 Å². The minimum absolute atomic E-state index is 0.0114. The topological polar surface area (TPSA) is 573 Å². The molecule has 4 saturated carbocycles. The summed E-state index contributed by atoms with van der Waals surface area (Å²) in [6, 6.07) is 0. The number of carbonyl (C=O) groups is 1. The number of fused-ring (bicyclic) bond motifs is 7. The molecule has 10 fully saturated rings. The van der Waals surface area contributed by atoms with Gasteiger partial charge in [-0.3, -0.25) is 4.79 Å². The summed E-state index contributed by atoms with van der Waals surface area (Å²) in [5.74, 6) is -15.0. The van der Waals surface area contributed by atoms with Crippen LogP contribution < -0.4 is 0 Å². The standard InChI is InChI=1S/C65H106O35/c1-25-36(70)40(74)44(78)53(91-25)93-47-31(22-68)96-62(85,52(83)45(47)79)90-24-32-39(73)43(77)51(82)65(88,97-32)100-55(84)61-17-15-56(2,3)19-27(61)26-9-10-34-58(6)13-12-35(57(4,5)33(58)11-14-60(34,8)59(26,7)16-18-61)92-54-48(99-64(87)50(81)42(76)38(72)30(21-67)95-64)46(28(69)23-89-54)98-63(86)49(80)41(75)37(71)29(20-66)94-63/h9,25,27-54,66-83,85-88H,10-24H2,1-8H3/t25-,27+,28+,29?,30?,31?,32?,33?,34?,35+,36-,37-,38-,39-,40+,41?,42?,43?,44+,45?,46?,47-,48+,49+,50+,51+,52+,53?,54+,58+,59-,60-,61+,62+,63-,64-,65-/m1/s1. The first kappa shape index (κ1) is 78.9. The van der Waals surface area contributed by atoms with Crippen LogP contribution in [-0.4, -0.2) is 334 Å². The summed E-state index contributed by atoms with van der Waals surface area (Å²) in [5.41, 5.74) is -2.93. The lowest BCUT2D eigenvalue weighted by atomic mass is 9.33. The number of rotatable bonds is 16. The molecular formula is C65H106O35. The minimum atomic E-state index is -3.40. The second-order valence-electron chi connectivity index (χ2n) is 32.2. The molecule has 0 bridgehead atoms. The van der Waals surface area contributed by atoms with Crippen molar-refractivity contribution in [3.8, 4) is 0 Å². The summed E-state index contributed by atoms with van der Waals surface area (Å²) in [4.78, 5) is 15.4. The number of aliphatic hydroxyl groups excluding tert-OH is 18. The molecule has 0 aromatic rings. The molecule has 6 heterocycles. The normalized spacial score (nSPS) is 55.5. The van der Waals surface area contributed by atoms with E-state index in [9.17, 15) is 112 Å². The highest BCUT2D eigenvalue weighted by Crippen LogP contribution is 2.76. The van der Waals surface area contributed by atoms with E-state index in [0.717, 1.165) is 5.57 Å². The average molecular weight is 1450 g/mol. The summed E-state index contributed by atoms with van der Waals surface area (Å²) in [6.45, 7) is 11.5. The predicted octanol–water partition coefficient (Wildman–Crippen LogP) is -7.44. The maximum Gasteiger partial charge on any atom is 0.357 e. The van der Waals surface area contributed by atoms with Crippen molar-refractivity contribution in [2.24, 2.45) is 50.2 Å². The number of hydrogen-bond donors (Lipinski definition) is 22. The fourth-order valence-electron chi connectivity index (χ4n) is 19.3. The van der Waals surface area contributed by atoms with Gasteiger partial charge in [-0.15, -0.1) is 0 Å². The molecule has 0 radical (unpaired) electrons. The highest BCUT2D eigenvalue weighted by atomic mass is 16.9. The fraction of sp³-hybridized carbons (Fsp3) is 0.954. The van der Waals surface area contributed by atoms with Crippen LogP contribution in [0.2, 0.25) is 0 Å². The van der Waals surface area contributed by atoms with Crippen LogP contribution in [0.3, 0.4) is 0 Å². The Labute approximate surface area is 575 Å². The summed E-state index contributed by atoms with van der Waals surface area (Å²) in [7, 11) is 0. The average Bonchev–Trinajstić information content (AvgIpc) is 0.674. The maximum atomic E-state index is 15.4. The Morgan fingerprint density at radius 3 is 1.64 bits per heavy atom. The molecule has 0 aromatic carbocycles. The van der Waals surface area contributed by atoms with Crippen molar-refractivity contribution in [2.45, 2.75) is 303 Å². The Hall–Kier alpha value is -2.11. The number of ether oxygens (including phenoxy) is 12. The minimum Gasteiger partial charge on any atom is -0.405 e. The van der Waals surface area contributed by atoms with Gasteiger partial charge in [0.05, 0.1) is 50.7 Å². The zero-order valence-corrected chi connectivity index (χ0v) is 57.1. The second-order valence-corrected chi connectivity index (χ2v) is 32.2. The summed E-state index contributed by atoms with van der Waals surface area (Å²) in [5, 5.41) is 242. The largest absolute Gasteiger partial charge is 0.405 e. The van der Waals surface area contributed by atoms with Gasteiger partial charge in [-0.2, -0.15) is 0 Å². The molecule has 6 saturated heterocycles. The Morgan fingerprint density at radius 1 is 0.520 bits per heavy atom. The van der Waals surface area contributed by atoms with E-state index in [-0.39, 0.29) is 30.1 Å². The Balaban J connectivity index is 0.815. The van der Waals surface area contributed by atoms with Crippen LogP contribution in [0.25, 0.3) is 0 Å². The first-order valence-corrected chi connectivity index (χ1v) is 34.6. The second kappa shape index (κ2) is 27.8. The van der Waals surface area contributed by atoms with Crippen molar-refractivity contribution in [1.29, 1.82) is 0 Å². The third-order valence-electron chi connectivity index (χ3n) is 25.6. The van der Waals surface area contributed by atoms with E-state index in [4.69, 9.17) is 56.8 Å². The zero-order valence-electron chi connectivity index (χ0n) is 57.1. The van der Waals surface area contributed by atoms with Crippen LogP contribution in [0.1, 0.15) is 120 Å². The molecule has 0 aromatic heterocycles. The quantitative estimate of drug-likeness (QED) is 0.0295. The molecule has 37 atom stereocenters. The molecule has 22 N–H and O–H groups in total. The van der Waals surface area contributed by atoms with Gasteiger partial charge in [0.2, 0.25) is 0 Å². The number of allylic oxidation sites excluding steroid dienone is 2. The maximum absolute atomic E-state index is 15.4. The van der Waals surface area contributed by atoms with Crippen LogP contribution in [0.15, 0.2) is 11.6 Å². The lowest BCUT2D eigenvalue weighted by Gasteiger charge is -2.71. The number of aliphatic hydroxyl groups is 22. The number of hydrogen-bond acceptors (Lipinski definition) is 35. The molecule has 12 unspecified atom stereocenters. The smallest absolute Gasteiger partial charge is 0.357 e. The van der Waals surface area contributed by atoms with Gasteiger partial charge in [0.1, 0.15) is 110 Å². The summed E-state index contributed by atoms with van der Waals surface area (Å²) >= 11 is 0. The monoisotopic (exact) mass is 1450 g/mol. The molecule has 5 aliphatic carbocycles. The summed E-state index contributed by atoms with van der Waals surface area (Å²) < 4.78 is 69.2. The van der Waals surface area contributed by atoms with E-state index in [1.807, 2.05) is 13.8 Å². The van der Waals surface area contributed by atoms with Gasteiger partial charge in [0.15, 0.2) is 37.0 Å². The molecular weight excluding hydrogens is 1340 g/mol. The van der Waals surface area contributed by atoms with Gasteiger partial charge in [0.25, 0.3) is 0 Å². The van der Waals surface area contributed by atoms with Crippen LogP contribution in [0.4, 0.5) is 0 Å². The van der Waals surface area contributed by atoms with Gasteiger partial charge < -0.3 is 169 Å². The molecule has 11 rings (SSSR count). The number of carbonyl (C=O) groups excluding carboxylic acids is 1. The van der Waals surface area contributed by atoms with Crippen molar-refractivity contribution in [3.05, 3.63) is 11.6 Å². The predicted molar refractivity (Wildman–Crippen MR) is 325 cm³/mol. The van der Waals surface area contributed by atoms with Gasteiger partial charge in [-0.1, -0.05) is 60.1 Å². The molecule has 100 heavy (non-hydrogen) atoms.